The lowest BCUT2D eigenvalue weighted by Gasteiger charge is -2.12. The number of rotatable bonds is 6. The number of imide groups is 1. The fourth-order valence-corrected chi connectivity index (χ4v) is 3.78. The summed E-state index contributed by atoms with van der Waals surface area (Å²) in [5, 5.41) is 11.0. The van der Waals surface area contributed by atoms with Gasteiger partial charge in [-0.1, -0.05) is 6.07 Å². The van der Waals surface area contributed by atoms with Crippen molar-refractivity contribution in [2.45, 2.75) is 0 Å². The molecule has 3 rings (SSSR count). The Kier molecular flexibility index (Phi) is 5.15. The first-order chi connectivity index (χ1) is 12.8. The number of hydrogen-bond acceptors (Lipinski definition) is 8. The molecule has 0 fully saturated rings. The van der Waals surface area contributed by atoms with Crippen LogP contribution in [-0.2, 0) is 9.53 Å². The van der Waals surface area contributed by atoms with Gasteiger partial charge in [-0.05, 0) is 34.1 Å². The second-order valence-electron chi connectivity index (χ2n) is 5.34. The van der Waals surface area contributed by atoms with Crippen LogP contribution in [0, 0.1) is 10.1 Å². The second kappa shape index (κ2) is 7.37. The lowest BCUT2D eigenvalue weighted by Crippen LogP contribution is -2.36. The Bertz CT molecular complexity index is 1000. The number of fused-ring (bicyclic) bond motifs is 1. The number of nitrogens with zero attached hydrogens (tertiary/aromatic N) is 2. The van der Waals surface area contributed by atoms with Gasteiger partial charge >= 0.3 is 5.97 Å². The van der Waals surface area contributed by atoms with E-state index in [4.69, 9.17) is 4.74 Å². The molecule has 2 aromatic rings. The molecule has 0 N–H and O–H groups in total. The number of ketones is 1. The maximum Gasteiger partial charge on any atom is 0.326 e. The molecule has 1 aliphatic heterocycles. The number of nitro benzene ring substituents is 1. The van der Waals surface area contributed by atoms with Gasteiger partial charge in [-0.2, -0.15) is 0 Å². The van der Waals surface area contributed by atoms with Crippen molar-refractivity contribution in [2.75, 3.05) is 13.2 Å². The number of nitro groups is 1. The molecule has 0 atom stereocenters. The molecule has 0 saturated heterocycles. The topological polar surface area (TPSA) is 124 Å². The minimum Gasteiger partial charge on any atom is -0.456 e. The summed E-state index contributed by atoms with van der Waals surface area (Å²) in [7, 11) is 0. The van der Waals surface area contributed by atoms with Gasteiger partial charge < -0.3 is 4.74 Å². The monoisotopic (exact) mass is 452 g/mol. The molecule has 11 heteroatoms. The number of amides is 2. The van der Waals surface area contributed by atoms with Crippen LogP contribution in [0.15, 0.2) is 34.1 Å². The molecule has 1 aliphatic rings. The van der Waals surface area contributed by atoms with Gasteiger partial charge in [0.2, 0.25) is 5.78 Å². The van der Waals surface area contributed by atoms with Crippen LogP contribution >= 0.6 is 27.3 Å². The van der Waals surface area contributed by atoms with Crippen LogP contribution in [0.2, 0.25) is 0 Å². The van der Waals surface area contributed by atoms with Crippen LogP contribution in [0.3, 0.4) is 0 Å². The summed E-state index contributed by atoms with van der Waals surface area (Å²) in [5.74, 6) is -3.19. The molecule has 1 aromatic carbocycles. The minimum absolute atomic E-state index is 0.151. The molecule has 0 spiro atoms. The fraction of sp³-hybridized carbons (Fsp3) is 0.125. The molecule has 2 amide bonds. The Morgan fingerprint density at radius 3 is 2.56 bits per heavy atom. The zero-order chi connectivity index (χ0) is 19.7. The number of hydrogen-bond donors (Lipinski definition) is 0. The highest BCUT2D eigenvalue weighted by Gasteiger charge is 2.41. The molecule has 2 heterocycles. The van der Waals surface area contributed by atoms with Crippen LogP contribution in [0.4, 0.5) is 5.69 Å². The highest BCUT2D eigenvalue weighted by atomic mass is 79.9. The molecule has 0 aliphatic carbocycles. The Labute approximate surface area is 163 Å². The lowest BCUT2D eigenvalue weighted by atomic mass is 10.1. The molecule has 0 radical (unpaired) electrons. The van der Waals surface area contributed by atoms with Gasteiger partial charge in [0.1, 0.15) is 12.1 Å². The van der Waals surface area contributed by atoms with Crippen molar-refractivity contribution in [1.29, 1.82) is 0 Å². The van der Waals surface area contributed by atoms with Gasteiger partial charge in [-0.3, -0.25) is 34.2 Å². The summed E-state index contributed by atoms with van der Waals surface area (Å²) in [6.45, 7) is -1.29. The third-order valence-corrected chi connectivity index (χ3v) is 5.34. The van der Waals surface area contributed by atoms with E-state index in [9.17, 15) is 29.3 Å². The molecule has 9 nitrogen and oxygen atoms in total. The fourth-order valence-electron chi connectivity index (χ4n) is 2.47. The standard InChI is InChI=1S/C16H9BrN2O7S/c17-12-5-4-11(27-12)10(20)7-26-13(21)6-18-15(22)8-2-1-3-9(19(24)25)14(8)16(18)23/h1-5H,6-7H2. The predicted octanol–water partition coefficient (Wildman–Crippen LogP) is 2.44. The predicted molar refractivity (Wildman–Crippen MR) is 95.8 cm³/mol. The van der Waals surface area contributed by atoms with Gasteiger partial charge in [0.25, 0.3) is 17.5 Å². The smallest absolute Gasteiger partial charge is 0.326 e. The third kappa shape index (κ3) is 3.64. The van der Waals surface area contributed by atoms with Crippen molar-refractivity contribution >= 4 is 56.5 Å². The Morgan fingerprint density at radius 2 is 1.93 bits per heavy atom. The summed E-state index contributed by atoms with van der Waals surface area (Å²) >= 11 is 4.38. The highest BCUT2D eigenvalue weighted by Crippen LogP contribution is 2.30. The number of carbonyl (C=O) groups is 4. The summed E-state index contributed by atoms with van der Waals surface area (Å²) in [5.41, 5.74) is -1.03. The molecule has 0 unspecified atom stereocenters. The zero-order valence-corrected chi connectivity index (χ0v) is 15.7. The summed E-state index contributed by atoms with van der Waals surface area (Å²) in [6.07, 6.45) is 0. The van der Waals surface area contributed by atoms with Gasteiger partial charge in [-0.15, -0.1) is 11.3 Å². The molecule has 1 aromatic heterocycles. The number of esters is 1. The normalized spacial score (nSPS) is 12.9. The first kappa shape index (κ1) is 18.9. The zero-order valence-electron chi connectivity index (χ0n) is 13.3. The largest absolute Gasteiger partial charge is 0.456 e. The van der Waals surface area contributed by atoms with Crippen molar-refractivity contribution in [2.24, 2.45) is 0 Å². The molecular weight excluding hydrogens is 444 g/mol. The van der Waals surface area contributed by atoms with Gasteiger partial charge in [0.15, 0.2) is 6.61 Å². The van der Waals surface area contributed by atoms with Gasteiger partial charge in [0, 0.05) is 6.07 Å². The third-order valence-electron chi connectivity index (χ3n) is 3.67. The van der Waals surface area contributed by atoms with Gasteiger partial charge in [0.05, 0.1) is 19.2 Å². The molecule has 27 heavy (non-hydrogen) atoms. The number of ether oxygens (including phenoxy) is 1. The second-order valence-corrected chi connectivity index (χ2v) is 7.80. The number of benzene rings is 1. The number of thiophene rings is 1. The summed E-state index contributed by atoms with van der Waals surface area (Å²) < 4.78 is 5.57. The molecular formula is C16H9BrN2O7S. The van der Waals surface area contributed by atoms with Crippen molar-refractivity contribution in [1.82, 2.24) is 4.90 Å². The Morgan fingerprint density at radius 1 is 1.19 bits per heavy atom. The first-order valence-corrected chi connectivity index (χ1v) is 8.98. The van der Waals surface area contributed by atoms with Crippen molar-refractivity contribution in [3.63, 3.8) is 0 Å². The van der Waals surface area contributed by atoms with Gasteiger partial charge in [-0.25, -0.2) is 0 Å². The van der Waals surface area contributed by atoms with Crippen molar-refractivity contribution in [3.8, 4) is 0 Å². The molecule has 0 bridgehead atoms. The van der Waals surface area contributed by atoms with E-state index in [0.717, 1.165) is 9.85 Å². The maximum absolute atomic E-state index is 12.4. The average Bonchev–Trinajstić information content (AvgIpc) is 3.17. The minimum atomic E-state index is -0.976. The summed E-state index contributed by atoms with van der Waals surface area (Å²) in [4.78, 5) is 59.7. The van der Waals surface area contributed by atoms with Crippen molar-refractivity contribution < 1.29 is 28.8 Å². The van der Waals surface area contributed by atoms with Crippen molar-refractivity contribution in [3.05, 3.63) is 60.2 Å². The van der Waals surface area contributed by atoms with Crippen LogP contribution in [-0.4, -0.2) is 46.5 Å². The quantitative estimate of drug-likeness (QED) is 0.216. The number of halogens is 1. The molecule has 0 saturated carbocycles. The van der Waals surface area contributed by atoms with E-state index in [1.54, 1.807) is 12.1 Å². The SMILES string of the molecule is O=C(CN1C(=O)c2cccc([N+](=O)[O-])c2C1=O)OCC(=O)c1ccc(Br)s1. The number of Topliss-reactive ketones (excluding diaryl/α,β-unsaturated/α-hetero) is 1. The summed E-state index contributed by atoms with van der Waals surface area (Å²) in [6, 6.07) is 6.89. The van der Waals surface area contributed by atoms with Crippen LogP contribution < -0.4 is 0 Å². The Balaban J connectivity index is 1.67. The van der Waals surface area contributed by atoms with E-state index in [0.29, 0.717) is 9.78 Å². The van der Waals surface area contributed by atoms with E-state index < -0.39 is 47.3 Å². The van der Waals surface area contributed by atoms with Crippen LogP contribution in [0.1, 0.15) is 30.4 Å². The maximum atomic E-state index is 12.4. The van der Waals surface area contributed by atoms with E-state index >= 15 is 0 Å². The van der Waals surface area contributed by atoms with E-state index in [1.807, 2.05) is 0 Å². The lowest BCUT2D eigenvalue weighted by molar-refractivity contribution is -0.385. The molecule has 138 valence electrons. The highest BCUT2D eigenvalue weighted by molar-refractivity contribution is 9.11. The van der Waals surface area contributed by atoms with E-state index in [-0.39, 0.29) is 11.1 Å². The Hall–Kier alpha value is -2.92. The van der Waals surface area contributed by atoms with Crippen LogP contribution in [0.25, 0.3) is 0 Å². The number of carbonyl (C=O) groups excluding carboxylic acids is 4. The van der Waals surface area contributed by atoms with E-state index in [1.165, 1.54) is 23.5 Å². The first-order valence-electron chi connectivity index (χ1n) is 7.37. The van der Waals surface area contributed by atoms with Crippen LogP contribution in [0.5, 0.6) is 0 Å². The average molecular weight is 453 g/mol. The van der Waals surface area contributed by atoms with E-state index in [2.05, 4.69) is 15.9 Å².